The van der Waals surface area contributed by atoms with Gasteiger partial charge in [-0.3, -0.25) is 9.59 Å². The van der Waals surface area contributed by atoms with Gasteiger partial charge in [0.1, 0.15) is 17.2 Å². The first-order valence-electron chi connectivity index (χ1n) is 10.0. The fourth-order valence-corrected chi connectivity index (χ4v) is 3.90. The van der Waals surface area contributed by atoms with Crippen molar-refractivity contribution in [3.8, 4) is 0 Å². The predicted molar refractivity (Wildman–Crippen MR) is 110 cm³/mol. The van der Waals surface area contributed by atoms with Gasteiger partial charge in [-0.15, -0.1) is 0 Å². The average molecular weight is 411 g/mol. The highest BCUT2D eigenvalue weighted by Crippen LogP contribution is 2.34. The molecule has 2 atom stereocenters. The van der Waals surface area contributed by atoms with Crippen LogP contribution in [0.2, 0.25) is 0 Å². The molecule has 2 heterocycles. The largest absolute Gasteiger partial charge is 0.464 e. The second-order valence-electron chi connectivity index (χ2n) is 7.52. The van der Waals surface area contributed by atoms with E-state index in [0.717, 1.165) is 11.3 Å². The highest BCUT2D eigenvalue weighted by molar-refractivity contribution is 6.10. The molecular formula is C22H25N3O5. The van der Waals surface area contributed by atoms with Crippen LogP contribution in [0.5, 0.6) is 0 Å². The van der Waals surface area contributed by atoms with Crippen LogP contribution in [0.25, 0.3) is 0 Å². The van der Waals surface area contributed by atoms with Gasteiger partial charge < -0.3 is 30.2 Å². The molecule has 1 unspecified atom stereocenters. The van der Waals surface area contributed by atoms with Crippen molar-refractivity contribution in [1.29, 1.82) is 0 Å². The second kappa shape index (κ2) is 7.97. The minimum absolute atomic E-state index is 0.112. The van der Waals surface area contributed by atoms with Crippen LogP contribution in [0.15, 0.2) is 46.1 Å². The van der Waals surface area contributed by atoms with Crippen LogP contribution in [0.3, 0.4) is 0 Å². The molecule has 2 aliphatic rings. The molecule has 1 aliphatic heterocycles. The van der Waals surface area contributed by atoms with Gasteiger partial charge in [-0.05, 0) is 37.1 Å². The van der Waals surface area contributed by atoms with Crippen LogP contribution in [0.4, 0.5) is 5.69 Å². The van der Waals surface area contributed by atoms with Crippen LogP contribution in [0.1, 0.15) is 46.8 Å². The summed E-state index contributed by atoms with van der Waals surface area (Å²) in [6, 6.07) is 8.93. The number of nitrogens with zero attached hydrogens (tertiary/aromatic N) is 1. The lowest BCUT2D eigenvalue weighted by Crippen LogP contribution is -2.46. The van der Waals surface area contributed by atoms with E-state index in [4.69, 9.17) is 4.42 Å². The van der Waals surface area contributed by atoms with Crippen LogP contribution >= 0.6 is 0 Å². The number of β-amino-alcohol motifs (C(OH)–C–C–N with tert-alkyl or cyclic N) is 1. The molecule has 0 bridgehead atoms. The van der Waals surface area contributed by atoms with Gasteiger partial charge in [-0.1, -0.05) is 19.1 Å². The molecule has 2 aromatic rings. The molecular weight excluding hydrogens is 386 g/mol. The number of Topliss-reactive ketones (excluding diaryl/α,β-unsaturated/α-hetero) is 1. The minimum atomic E-state index is -1.27. The lowest BCUT2D eigenvalue weighted by Gasteiger charge is -2.32. The molecule has 8 heteroatoms. The molecule has 158 valence electrons. The molecule has 0 saturated heterocycles. The number of carbonyl (C=O) groups excluding carboxylic acids is 2. The summed E-state index contributed by atoms with van der Waals surface area (Å²) in [4.78, 5) is 26.6. The molecule has 1 aromatic heterocycles. The zero-order valence-corrected chi connectivity index (χ0v) is 16.9. The first-order valence-corrected chi connectivity index (χ1v) is 10.0. The molecule has 0 saturated carbocycles. The number of ketones is 1. The van der Waals surface area contributed by atoms with E-state index in [1.807, 2.05) is 38.1 Å². The smallest absolute Gasteiger partial charge is 0.256 e. The Bertz CT molecular complexity index is 1030. The van der Waals surface area contributed by atoms with Crippen LogP contribution in [-0.2, 0) is 11.3 Å². The summed E-state index contributed by atoms with van der Waals surface area (Å²) in [7, 11) is 0. The van der Waals surface area contributed by atoms with Crippen LogP contribution in [0, 0.1) is 6.92 Å². The topological polar surface area (TPSA) is 115 Å². The molecule has 30 heavy (non-hydrogen) atoms. The van der Waals surface area contributed by atoms with Crippen molar-refractivity contribution in [2.45, 2.75) is 39.0 Å². The van der Waals surface area contributed by atoms with E-state index in [0.29, 0.717) is 41.4 Å². The summed E-state index contributed by atoms with van der Waals surface area (Å²) in [6.45, 7) is 4.39. The van der Waals surface area contributed by atoms with E-state index in [2.05, 4.69) is 10.6 Å². The molecule has 4 rings (SSSR count). The van der Waals surface area contributed by atoms with Crippen molar-refractivity contribution >= 4 is 17.4 Å². The lowest BCUT2D eigenvalue weighted by atomic mass is 9.93. The van der Waals surface area contributed by atoms with Gasteiger partial charge in [0.05, 0.1) is 29.6 Å². The third kappa shape index (κ3) is 3.38. The van der Waals surface area contributed by atoms with Crippen LogP contribution in [-0.4, -0.2) is 46.1 Å². The van der Waals surface area contributed by atoms with Crippen molar-refractivity contribution in [2.75, 3.05) is 18.5 Å². The fourth-order valence-electron chi connectivity index (χ4n) is 3.90. The number of hydrogen-bond donors (Lipinski definition) is 4. The third-order valence-corrected chi connectivity index (χ3v) is 5.52. The van der Waals surface area contributed by atoms with Gasteiger partial charge in [-0.2, -0.15) is 0 Å². The Kier molecular flexibility index (Phi) is 5.36. The Balaban J connectivity index is 1.61. The predicted octanol–water partition coefficient (Wildman–Crippen LogP) is 1.84. The van der Waals surface area contributed by atoms with Crippen molar-refractivity contribution in [3.63, 3.8) is 0 Å². The number of anilines is 1. The summed E-state index contributed by atoms with van der Waals surface area (Å²) in [5, 5.41) is 25.7. The van der Waals surface area contributed by atoms with E-state index < -0.39 is 11.9 Å². The number of aliphatic hydroxyl groups is 2. The Labute approximate surface area is 174 Å². The highest BCUT2D eigenvalue weighted by atomic mass is 16.3. The van der Waals surface area contributed by atoms with E-state index in [-0.39, 0.29) is 25.1 Å². The summed E-state index contributed by atoms with van der Waals surface area (Å²) in [6.07, 6.45) is -0.591. The number of aliphatic hydroxyl groups excluding tert-OH is 2. The molecule has 0 radical (unpaired) electrons. The third-order valence-electron chi connectivity index (χ3n) is 5.52. The molecule has 0 spiro atoms. The van der Waals surface area contributed by atoms with Gasteiger partial charge in [-0.25, -0.2) is 0 Å². The maximum Gasteiger partial charge on any atom is 0.256 e. The second-order valence-corrected chi connectivity index (χ2v) is 7.52. The monoisotopic (exact) mass is 411 g/mol. The zero-order chi connectivity index (χ0) is 21.4. The summed E-state index contributed by atoms with van der Waals surface area (Å²) >= 11 is 0. The average Bonchev–Trinajstić information content (AvgIpc) is 3.31. The maximum absolute atomic E-state index is 12.7. The van der Waals surface area contributed by atoms with Gasteiger partial charge in [0.15, 0.2) is 6.10 Å². The number of furan rings is 1. The van der Waals surface area contributed by atoms with E-state index in [1.54, 1.807) is 11.0 Å². The first-order chi connectivity index (χ1) is 14.4. The quantitative estimate of drug-likeness (QED) is 0.524. The fraction of sp³-hybridized carbons (Fsp3) is 0.364. The number of nitrogens with one attached hydrogen (secondary N) is 2. The first kappa shape index (κ1) is 20.2. The lowest BCUT2D eigenvalue weighted by molar-refractivity contribution is -0.125. The number of fused-ring (bicyclic) bond motifs is 1. The Hall–Kier alpha value is -3.10. The van der Waals surface area contributed by atoms with E-state index in [9.17, 15) is 19.8 Å². The Morgan fingerprint density at radius 3 is 2.73 bits per heavy atom. The molecule has 4 N–H and O–H groups in total. The Morgan fingerprint density at radius 1 is 1.27 bits per heavy atom. The van der Waals surface area contributed by atoms with E-state index >= 15 is 0 Å². The molecule has 8 nitrogen and oxygen atoms in total. The van der Waals surface area contributed by atoms with Gasteiger partial charge >= 0.3 is 0 Å². The van der Waals surface area contributed by atoms with Crippen molar-refractivity contribution in [1.82, 2.24) is 10.2 Å². The molecule has 1 aliphatic carbocycles. The van der Waals surface area contributed by atoms with E-state index in [1.165, 1.54) is 0 Å². The molecule has 1 amide bonds. The van der Waals surface area contributed by atoms with Gasteiger partial charge in [0.2, 0.25) is 5.78 Å². The number of carbonyl (C=O) groups is 2. The summed E-state index contributed by atoms with van der Waals surface area (Å²) in [5.41, 5.74) is 2.49. The number of benzene rings is 1. The van der Waals surface area contributed by atoms with Gasteiger partial charge in [0, 0.05) is 13.1 Å². The van der Waals surface area contributed by atoms with Crippen LogP contribution < -0.4 is 10.6 Å². The number of rotatable bonds is 8. The molecule has 1 aromatic carbocycles. The van der Waals surface area contributed by atoms with Gasteiger partial charge in [0.25, 0.3) is 5.91 Å². The highest BCUT2D eigenvalue weighted by Gasteiger charge is 2.40. The zero-order valence-electron chi connectivity index (χ0n) is 16.9. The molecule has 0 fully saturated rings. The number of amides is 1. The summed E-state index contributed by atoms with van der Waals surface area (Å²) < 4.78 is 5.68. The SMILES string of the molecule is CC[C@@H](NC1=C(Nc2cccc3c2C(=O)N(CCO)C3)C(O)C1=O)c1ccc(C)o1. The Morgan fingerprint density at radius 2 is 2.07 bits per heavy atom. The maximum atomic E-state index is 12.7. The van der Waals surface area contributed by atoms with Crippen molar-refractivity contribution in [2.24, 2.45) is 0 Å². The summed E-state index contributed by atoms with van der Waals surface area (Å²) in [5.74, 6) is 0.907. The normalized spacial score (nSPS) is 19.1. The number of hydrogen-bond acceptors (Lipinski definition) is 7. The minimum Gasteiger partial charge on any atom is -0.464 e. The standard InChI is InChI=1S/C22H25N3O5/c1-3-14(16-8-7-12(2)30-16)23-18-19(21(28)20(18)27)24-15-6-4-5-13-11-25(9-10-26)22(29)17(13)15/h4-8,14,21,23-24,26,28H,3,9-11H2,1-2H3/t14-,21?/m1/s1. The number of aryl methyl sites for hydroxylation is 1. The van der Waals surface area contributed by atoms with Crippen molar-refractivity contribution in [3.05, 3.63) is 64.4 Å². The van der Waals surface area contributed by atoms with Crippen molar-refractivity contribution < 1.29 is 24.2 Å².